The molecule has 23 heavy (non-hydrogen) atoms. The second-order valence-corrected chi connectivity index (χ2v) is 7.13. The molecule has 120 valence electrons. The molecule has 2 unspecified atom stereocenters. The van der Waals surface area contributed by atoms with Gasteiger partial charge >= 0.3 is 0 Å². The molecule has 2 fully saturated rings. The number of para-hydroxylation sites is 1. The molecule has 1 aromatic carbocycles. The highest BCUT2D eigenvalue weighted by atomic mass is 16.5. The maximum absolute atomic E-state index is 12.3. The normalized spacial score (nSPS) is 25.4. The Morgan fingerprint density at radius 1 is 1.30 bits per heavy atom. The van der Waals surface area contributed by atoms with Gasteiger partial charge in [0, 0.05) is 22.9 Å². The van der Waals surface area contributed by atoms with E-state index in [1.165, 1.54) is 10.9 Å². The Hall–Kier alpha value is -1.94. The van der Waals surface area contributed by atoms with Gasteiger partial charge in [-0.15, -0.1) is 0 Å². The number of aromatic nitrogens is 1. The summed E-state index contributed by atoms with van der Waals surface area (Å²) in [5.74, 6) is 0.518. The highest BCUT2D eigenvalue weighted by Crippen LogP contribution is 2.45. The molecule has 2 aromatic rings. The molecule has 2 heterocycles. The van der Waals surface area contributed by atoms with Crippen LogP contribution in [-0.2, 0) is 16.0 Å². The van der Waals surface area contributed by atoms with Crippen LogP contribution in [0.5, 0.6) is 0 Å². The van der Waals surface area contributed by atoms with Gasteiger partial charge < -0.3 is 10.1 Å². The Balaban J connectivity index is 1.51. The van der Waals surface area contributed by atoms with Crippen molar-refractivity contribution in [2.45, 2.75) is 32.2 Å². The average molecular weight is 310 g/mol. The number of ether oxygens (including phenoxy) is 1. The molecule has 1 saturated carbocycles. The molecular formula is C19H22N2O2. The number of rotatable bonds is 4. The van der Waals surface area contributed by atoms with Gasteiger partial charge in [-0.25, -0.2) is 0 Å². The van der Waals surface area contributed by atoms with Gasteiger partial charge in [0.1, 0.15) is 0 Å². The first-order valence-corrected chi connectivity index (χ1v) is 8.37. The lowest BCUT2D eigenvalue weighted by Crippen LogP contribution is -2.43. The Labute approximate surface area is 136 Å². The minimum atomic E-state index is -0.128. The van der Waals surface area contributed by atoms with Crippen LogP contribution in [0.15, 0.2) is 36.5 Å². The van der Waals surface area contributed by atoms with Crippen molar-refractivity contribution in [2.24, 2.45) is 11.3 Å². The molecule has 4 rings (SSSR count). The van der Waals surface area contributed by atoms with Crippen LogP contribution in [0.2, 0.25) is 0 Å². The zero-order valence-electron chi connectivity index (χ0n) is 13.4. The summed E-state index contributed by atoms with van der Waals surface area (Å²) in [5.41, 5.74) is 2.18. The fourth-order valence-electron chi connectivity index (χ4n) is 3.33. The number of pyridine rings is 1. The lowest BCUT2D eigenvalue weighted by molar-refractivity contribution is -0.126. The van der Waals surface area contributed by atoms with E-state index in [9.17, 15) is 4.79 Å². The van der Waals surface area contributed by atoms with E-state index in [4.69, 9.17) is 4.74 Å². The van der Waals surface area contributed by atoms with Crippen LogP contribution in [0.3, 0.4) is 0 Å². The van der Waals surface area contributed by atoms with Gasteiger partial charge in [-0.1, -0.05) is 25.1 Å². The third kappa shape index (κ3) is 2.83. The maximum Gasteiger partial charge on any atom is 0.226 e. The molecule has 2 atom stereocenters. The average Bonchev–Trinajstić information content (AvgIpc) is 3.18. The van der Waals surface area contributed by atoms with E-state index in [1.807, 2.05) is 31.3 Å². The molecule has 1 aliphatic carbocycles. The van der Waals surface area contributed by atoms with Crippen LogP contribution in [0.1, 0.15) is 25.3 Å². The van der Waals surface area contributed by atoms with E-state index >= 15 is 0 Å². The van der Waals surface area contributed by atoms with Gasteiger partial charge in [-0.3, -0.25) is 9.78 Å². The van der Waals surface area contributed by atoms with Crippen molar-refractivity contribution in [1.29, 1.82) is 0 Å². The first kappa shape index (κ1) is 14.6. The molecule has 2 aliphatic rings. The van der Waals surface area contributed by atoms with E-state index < -0.39 is 0 Å². The van der Waals surface area contributed by atoms with Crippen molar-refractivity contribution in [1.82, 2.24) is 10.3 Å². The van der Waals surface area contributed by atoms with E-state index in [0.717, 1.165) is 24.8 Å². The van der Waals surface area contributed by atoms with Gasteiger partial charge in [-0.05, 0) is 37.0 Å². The van der Waals surface area contributed by atoms with Crippen LogP contribution in [-0.4, -0.2) is 30.1 Å². The van der Waals surface area contributed by atoms with Crippen LogP contribution in [0.4, 0.5) is 0 Å². The SMILES string of the molecule is CC1(C(=O)NC2COCC2Cc2ccnc3ccccc23)CC1. The summed E-state index contributed by atoms with van der Waals surface area (Å²) in [6.07, 6.45) is 4.79. The zero-order valence-corrected chi connectivity index (χ0v) is 13.4. The van der Waals surface area contributed by atoms with Crippen molar-refractivity contribution in [3.63, 3.8) is 0 Å². The van der Waals surface area contributed by atoms with Crippen molar-refractivity contribution in [2.75, 3.05) is 13.2 Å². The smallest absolute Gasteiger partial charge is 0.226 e. The predicted octanol–water partition coefficient (Wildman–Crippen LogP) is 2.71. The summed E-state index contributed by atoms with van der Waals surface area (Å²) in [5, 5.41) is 4.42. The number of amides is 1. The first-order valence-electron chi connectivity index (χ1n) is 8.37. The van der Waals surface area contributed by atoms with Gasteiger partial charge in [0.15, 0.2) is 0 Å². The number of fused-ring (bicyclic) bond motifs is 1. The topological polar surface area (TPSA) is 51.2 Å². The van der Waals surface area contributed by atoms with E-state index in [2.05, 4.69) is 22.4 Å². The van der Waals surface area contributed by atoms with E-state index in [1.54, 1.807) is 0 Å². The van der Waals surface area contributed by atoms with Crippen LogP contribution < -0.4 is 5.32 Å². The Morgan fingerprint density at radius 3 is 2.96 bits per heavy atom. The minimum absolute atomic E-state index is 0.117. The quantitative estimate of drug-likeness (QED) is 0.944. The maximum atomic E-state index is 12.3. The molecule has 4 nitrogen and oxygen atoms in total. The lowest BCUT2D eigenvalue weighted by Gasteiger charge is -2.21. The van der Waals surface area contributed by atoms with E-state index in [-0.39, 0.29) is 17.4 Å². The molecule has 1 N–H and O–H groups in total. The second-order valence-electron chi connectivity index (χ2n) is 7.13. The monoisotopic (exact) mass is 310 g/mol. The standard InChI is InChI=1S/C19H22N2O2/c1-19(7-8-19)18(22)21-17-12-23-11-14(17)10-13-6-9-20-16-5-3-2-4-15(13)16/h2-6,9,14,17H,7-8,10-12H2,1H3,(H,21,22). The van der Waals surface area contributed by atoms with E-state index in [0.29, 0.717) is 19.1 Å². The van der Waals surface area contributed by atoms with Gasteiger partial charge in [0.2, 0.25) is 5.91 Å². The summed E-state index contributed by atoms with van der Waals surface area (Å²) >= 11 is 0. The number of hydrogen-bond donors (Lipinski definition) is 1. The molecule has 1 amide bonds. The highest BCUT2D eigenvalue weighted by Gasteiger charge is 2.46. The van der Waals surface area contributed by atoms with Crippen molar-refractivity contribution < 1.29 is 9.53 Å². The largest absolute Gasteiger partial charge is 0.379 e. The third-order valence-corrected chi connectivity index (χ3v) is 5.28. The van der Waals surface area contributed by atoms with Crippen molar-refractivity contribution in [3.8, 4) is 0 Å². The fraction of sp³-hybridized carbons (Fsp3) is 0.474. The van der Waals surface area contributed by atoms with Gasteiger partial charge in [-0.2, -0.15) is 0 Å². The summed E-state index contributed by atoms with van der Waals surface area (Å²) in [7, 11) is 0. The number of nitrogens with one attached hydrogen (secondary N) is 1. The number of carbonyl (C=O) groups excluding carboxylic acids is 1. The Kier molecular flexibility index (Phi) is 3.57. The Bertz CT molecular complexity index is 734. The summed E-state index contributed by atoms with van der Waals surface area (Å²) in [4.78, 5) is 16.7. The molecule has 4 heteroatoms. The lowest BCUT2D eigenvalue weighted by atomic mass is 9.92. The van der Waals surface area contributed by atoms with Gasteiger partial charge in [0.25, 0.3) is 0 Å². The van der Waals surface area contributed by atoms with Crippen LogP contribution >= 0.6 is 0 Å². The molecular weight excluding hydrogens is 288 g/mol. The Morgan fingerprint density at radius 2 is 2.13 bits per heavy atom. The molecule has 1 saturated heterocycles. The number of carbonyl (C=O) groups is 1. The first-order chi connectivity index (χ1) is 11.2. The zero-order chi connectivity index (χ0) is 15.9. The molecule has 1 aliphatic heterocycles. The van der Waals surface area contributed by atoms with Crippen molar-refractivity contribution in [3.05, 3.63) is 42.1 Å². The minimum Gasteiger partial charge on any atom is -0.379 e. The number of nitrogens with zero attached hydrogens (tertiary/aromatic N) is 1. The summed E-state index contributed by atoms with van der Waals surface area (Å²) in [6.45, 7) is 3.37. The molecule has 1 aromatic heterocycles. The number of hydrogen-bond acceptors (Lipinski definition) is 3. The second kappa shape index (κ2) is 5.60. The molecule has 0 bridgehead atoms. The molecule has 0 spiro atoms. The predicted molar refractivity (Wildman–Crippen MR) is 89.0 cm³/mol. The van der Waals surface area contributed by atoms with Gasteiger partial charge in [0.05, 0.1) is 24.8 Å². The van der Waals surface area contributed by atoms with Crippen LogP contribution in [0, 0.1) is 11.3 Å². The number of benzene rings is 1. The fourth-order valence-corrected chi connectivity index (χ4v) is 3.33. The van der Waals surface area contributed by atoms with Crippen molar-refractivity contribution >= 4 is 16.8 Å². The highest BCUT2D eigenvalue weighted by molar-refractivity contribution is 5.85. The molecule has 0 radical (unpaired) electrons. The third-order valence-electron chi connectivity index (χ3n) is 5.28. The summed E-state index contributed by atoms with van der Waals surface area (Å²) in [6, 6.07) is 10.4. The summed E-state index contributed by atoms with van der Waals surface area (Å²) < 4.78 is 5.66. The van der Waals surface area contributed by atoms with Crippen LogP contribution in [0.25, 0.3) is 10.9 Å².